The predicted molar refractivity (Wildman–Crippen MR) is 131 cm³/mol. The summed E-state index contributed by atoms with van der Waals surface area (Å²) in [5.74, 6) is 0.975. The number of nitrogens with one attached hydrogen (secondary N) is 2. The highest BCUT2D eigenvalue weighted by Crippen LogP contribution is 2.21. The zero-order valence-electron chi connectivity index (χ0n) is 18.8. The smallest absolute Gasteiger partial charge is 0.253 e. The third kappa shape index (κ3) is 6.43. The molecule has 1 saturated heterocycles. The second-order valence-corrected chi connectivity index (χ2v) is 8.56. The first-order chi connectivity index (χ1) is 15.4. The molecule has 1 aliphatic rings. The molecule has 2 aromatic rings. The highest BCUT2D eigenvalue weighted by molar-refractivity contribution is 7.80. The van der Waals surface area contributed by atoms with Gasteiger partial charge in [-0.15, -0.1) is 0 Å². The van der Waals surface area contributed by atoms with Gasteiger partial charge in [-0.3, -0.25) is 9.59 Å². The molecule has 0 bridgehead atoms. The van der Waals surface area contributed by atoms with Crippen molar-refractivity contribution in [3.05, 3.63) is 54.1 Å². The minimum atomic E-state index is -0.0869. The fourth-order valence-electron chi connectivity index (χ4n) is 3.55. The summed E-state index contributed by atoms with van der Waals surface area (Å²) in [5, 5.41) is 6.04. The number of carbonyl (C=O) groups is 2. The van der Waals surface area contributed by atoms with Gasteiger partial charge >= 0.3 is 0 Å². The topological polar surface area (TPSA) is 73.9 Å². The minimum Gasteiger partial charge on any atom is -0.497 e. The molecule has 1 aliphatic heterocycles. The Bertz CT molecular complexity index is 937. The van der Waals surface area contributed by atoms with Gasteiger partial charge in [0, 0.05) is 49.5 Å². The highest BCUT2D eigenvalue weighted by atomic mass is 32.1. The maximum atomic E-state index is 12.7. The number of piperazine rings is 1. The van der Waals surface area contributed by atoms with Crippen LogP contribution in [0.25, 0.3) is 0 Å². The van der Waals surface area contributed by atoms with Crippen LogP contribution < -0.4 is 20.3 Å². The van der Waals surface area contributed by atoms with E-state index in [2.05, 4.69) is 15.5 Å². The molecule has 0 atom stereocenters. The fourth-order valence-corrected chi connectivity index (χ4v) is 3.78. The van der Waals surface area contributed by atoms with Gasteiger partial charge in [-0.25, -0.2) is 0 Å². The molecule has 2 N–H and O–H groups in total. The van der Waals surface area contributed by atoms with Crippen molar-refractivity contribution in [3.63, 3.8) is 0 Å². The Hall–Kier alpha value is -3.13. The summed E-state index contributed by atoms with van der Waals surface area (Å²) in [4.78, 5) is 28.7. The normalized spacial score (nSPS) is 13.6. The molecule has 0 aliphatic carbocycles. The lowest BCUT2D eigenvalue weighted by atomic mass is 10.1. The van der Waals surface area contributed by atoms with Crippen molar-refractivity contribution in [2.75, 3.05) is 43.5 Å². The molecule has 2 aromatic carbocycles. The molecule has 8 heteroatoms. The van der Waals surface area contributed by atoms with Crippen LogP contribution in [0.3, 0.4) is 0 Å². The van der Waals surface area contributed by atoms with Crippen LogP contribution in [0, 0.1) is 5.92 Å². The second-order valence-electron chi connectivity index (χ2n) is 8.15. The van der Waals surface area contributed by atoms with Gasteiger partial charge in [-0.05, 0) is 66.7 Å². The molecular weight excluding hydrogens is 424 g/mol. The van der Waals surface area contributed by atoms with E-state index in [1.54, 1.807) is 31.4 Å². The SMILES string of the molecule is COc1ccc(C(=O)N2CCN(c3ccc(NC(=S)NC(=O)CC(C)C)cc3)CC2)cc1. The number of rotatable bonds is 6. The Kier molecular flexibility index (Phi) is 8.05. The molecule has 0 aromatic heterocycles. The molecule has 0 saturated carbocycles. The number of thiocarbonyl (C=S) groups is 1. The zero-order chi connectivity index (χ0) is 23.1. The van der Waals surface area contributed by atoms with Crippen molar-refractivity contribution in [2.24, 2.45) is 5.92 Å². The first-order valence-electron chi connectivity index (χ1n) is 10.7. The second kappa shape index (κ2) is 10.9. The van der Waals surface area contributed by atoms with Crippen molar-refractivity contribution in [3.8, 4) is 5.75 Å². The molecule has 32 heavy (non-hydrogen) atoms. The van der Waals surface area contributed by atoms with Crippen molar-refractivity contribution >= 4 is 40.5 Å². The number of hydrogen-bond donors (Lipinski definition) is 2. The molecule has 0 spiro atoms. The van der Waals surface area contributed by atoms with Crippen LogP contribution in [0.5, 0.6) is 5.75 Å². The number of methoxy groups -OCH3 is 1. The summed E-state index contributed by atoms with van der Waals surface area (Å²) < 4.78 is 5.16. The maximum absolute atomic E-state index is 12.7. The van der Waals surface area contributed by atoms with Crippen molar-refractivity contribution in [1.29, 1.82) is 0 Å². The summed E-state index contributed by atoms with van der Waals surface area (Å²) in [5.41, 5.74) is 2.57. The van der Waals surface area contributed by atoms with E-state index in [-0.39, 0.29) is 17.7 Å². The maximum Gasteiger partial charge on any atom is 0.253 e. The van der Waals surface area contributed by atoms with Gasteiger partial charge < -0.3 is 25.2 Å². The molecule has 7 nitrogen and oxygen atoms in total. The molecule has 0 unspecified atom stereocenters. The van der Waals surface area contributed by atoms with Crippen molar-refractivity contribution < 1.29 is 14.3 Å². The highest BCUT2D eigenvalue weighted by Gasteiger charge is 2.22. The number of carbonyl (C=O) groups excluding carboxylic acids is 2. The number of ether oxygens (including phenoxy) is 1. The van der Waals surface area contributed by atoms with Crippen LogP contribution in [0.2, 0.25) is 0 Å². The van der Waals surface area contributed by atoms with Crippen LogP contribution in [0.15, 0.2) is 48.5 Å². The van der Waals surface area contributed by atoms with Gasteiger partial charge in [0.05, 0.1) is 7.11 Å². The average molecular weight is 455 g/mol. The average Bonchev–Trinajstić information content (AvgIpc) is 2.78. The largest absolute Gasteiger partial charge is 0.497 e. The van der Waals surface area contributed by atoms with E-state index in [0.717, 1.165) is 30.2 Å². The predicted octanol–water partition coefficient (Wildman–Crippen LogP) is 3.52. The third-order valence-corrected chi connectivity index (χ3v) is 5.44. The van der Waals surface area contributed by atoms with Crippen LogP contribution in [0.1, 0.15) is 30.6 Å². The van der Waals surface area contributed by atoms with Crippen molar-refractivity contribution in [1.82, 2.24) is 10.2 Å². The third-order valence-electron chi connectivity index (χ3n) is 5.24. The number of benzene rings is 2. The minimum absolute atomic E-state index is 0.0416. The van der Waals surface area contributed by atoms with Crippen molar-refractivity contribution in [2.45, 2.75) is 20.3 Å². The Labute approximate surface area is 194 Å². The Morgan fingerprint density at radius 1 is 1.00 bits per heavy atom. The van der Waals surface area contributed by atoms with Crippen LogP contribution >= 0.6 is 12.2 Å². The molecule has 2 amide bonds. The molecule has 170 valence electrons. The lowest BCUT2D eigenvalue weighted by molar-refractivity contribution is -0.120. The standard InChI is InChI=1S/C24H30N4O3S/c1-17(2)16-22(29)26-24(32)25-19-6-8-20(9-7-19)27-12-14-28(15-13-27)23(30)18-4-10-21(31-3)11-5-18/h4-11,17H,12-16H2,1-3H3,(H2,25,26,29,32). The Morgan fingerprint density at radius 2 is 1.62 bits per heavy atom. The summed E-state index contributed by atoms with van der Waals surface area (Å²) >= 11 is 5.22. The molecule has 1 heterocycles. The van der Waals surface area contributed by atoms with E-state index in [4.69, 9.17) is 17.0 Å². The van der Waals surface area contributed by atoms with Gasteiger partial charge in [-0.2, -0.15) is 0 Å². The Morgan fingerprint density at radius 3 is 2.19 bits per heavy atom. The van der Waals surface area contributed by atoms with Gasteiger partial charge in [0.15, 0.2) is 5.11 Å². The van der Waals surface area contributed by atoms with E-state index in [1.165, 1.54) is 0 Å². The quantitative estimate of drug-likeness (QED) is 0.651. The van der Waals surface area contributed by atoms with Gasteiger partial charge in [0.2, 0.25) is 5.91 Å². The van der Waals surface area contributed by atoms with Gasteiger partial charge in [0.25, 0.3) is 5.91 Å². The van der Waals surface area contributed by atoms with E-state index >= 15 is 0 Å². The number of amides is 2. The first kappa shape index (κ1) is 23.5. The van der Waals surface area contributed by atoms with E-state index in [9.17, 15) is 9.59 Å². The Balaban J connectivity index is 1.49. The van der Waals surface area contributed by atoms with Gasteiger partial charge in [-0.1, -0.05) is 13.8 Å². The summed E-state index contributed by atoms with van der Waals surface area (Å²) in [6.07, 6.45) is 0.438. The molecule has 3 rings (SSSR count). The number of hydrogen-bond acceptors (Lipinski definition) is 5. The fraction of sp³-hybridized carbons (Fsp3) is 0.375. The van der Waals surface area contributed by atoms with E-state index in [1.807, 2.05) is 43.0 Å². The zero-order valence-corrected chi connectivity index (χ0v) is 19.6. The number of anilines is 2. The van der Waals surface area contributed by atoms with Crippen LogP contribution in [0.4, 0.5) is 11.4 Å². The molecule has 1 fully saturated rings. The van der Waals surface area contributed by atoms with Crippen LogP contribution in [-0.2, 0) is 4.79 Å². The van der Waals surface area contributed by atoms with E-state index in [0.29, 0.717) is 30.2 Å². The monoisotopic (exact) mass is 454 g/mol. The first-order valence-corrected chi connectivity index (χ1v) is 11.2. The summed E-state index contributed by atoms with van der Waals surface area (Å²) in [6, 6.07) is 15.1. The lowest BCUT2D eigenvalue weighted by Crippen LogP contribution is -2.48. The molecule has 0 radical (unpaired) electrons. The summed E-state index contributed by atoms with van der Waals surface area (Å²) in [6.45, 7) is 6.83. The van der Waals surface area contributed by atoms with E-state index < -0.39 is 0 Å². The van der Waals surface area contributed by atoms with Crippen LogP contribution in [-0.4, -0.2) is 55.1 Å². The molecular formula is C24H30N4O3S. The number of nitrogens with zero attached hydrogens (tertiary/aromatic N) is 2. The van der Waals surface area contributed by atoms with Gasteiger partial charge in [0.1, 0.15) is 5.75 Å². The lowest BCUT2D eigenvalue weighted by Gasteiger charge is -2.36. The summed E-state index contributed by atoms with van der Waals surface area (Å²) in [7, 11) is 1.61.